The van der Waals surface area contributed by atoms with Crippen molar-refractivity contribution in [1.29, 1.82) is 5.26 Å². The zero-order valence-electron chi connectivity index (χ0n) is 18.1. The van der Waals surface area contributed by atoms with Gasteiger partial charge in [-0.2, -0.15) is 10.2 Å². The molecule has 4 aromatic rings. The van der Waals surface area contributed by atoms with Crippen LogP contribution in [-0.4, -0.2) is 29.7 Å². The van der Waals surface area contributed by atoms with Crippen LogP contribution < -0.4 is 5.56 Å². The van der Waals surface area contributed by atoms with Crippen LogP contribution in [0.15, 0.2) is 27.8 Å². The largest absolute Gasteiger partial charge is 0.363 e. The van der Waals surface area contributed by atoms with E-state index in [1.165, 1.54) is 6.33 Å². The van der Waals surface area contributed by atoms with Gasteiger partial charge in [0, 0.05) is 6.04 Å². The number of hydrogen-bond donors (Lipinski definition) is 0. The van der Waals surface area contributed by atoms with Crippen LogP contribution in [0.3, 0.4) is 0 Å². The number of fused-ring (bicyclic) bond motifs is 3. The number of nitriles is 1. The summed E-state index contributed by atoms with van der Waals surface area (Å²) >= 11 is 6.26. The normalized spacial score (nSPS) is 18.1. The Morgan fingerprint density at radius 2 is 2.09 bits per heavy atom. The van der Waals surface area contributed by atoms with Gasteiger partial charge in [0.1, 0.15) is 29.7 Å². The second kappa shape index (κ2) is 7.15. The summed E-state index contributed by atoms with van der Waals surface area (Å²) in [6, 6.07) is 5.31. The monoisotopic (exact) mass is 452 g/mol. The molecule has 32 heavy (non-hydrogen) atoms. The predicted molar refractivity (Wildman–Crippen MR) is 117 cm³/mol. The van der Waals surface area contributed by atoms with Crippen molar-refractivity contribution in [2.45, 2.75) is 58.3 Å². The molecule has 3 aromatic heterocycles. The third-order valence-corrected chi connectivity index (χ3v) is 6.14. The Bertz CT molecular complexity index is 1470. The number of halogens is 1. The zero-order chi connectivity index (χ0) is 22.8. The average molecular weight is 453 g/mol. The van der Waals surface area contributed by atoms with Gasteiger partial charge in [0.25, 0.3) is 11.4 Å². The number of nitrogens with zero attached hydrogens (tertiary/aromatic N) is 6. The number of ether oxygens (including phenoxy) is 1. The molecular weight excluding hydrogens is 432 g/mol. The van der Waals surface area contributed by atoms with E-state index in [1.807, 2.05) is 27.7 Å². The van der Waals surface area contributed by atoms with Crippen LogP contribution in [0.2, 0.25) is 5.02 Å². The molecule has 0 aliphatic carbocycles. The summed E-state index contributed by atoms with van der Waals surface area (Å²) in [5.74, 6) is 0.590. The van der Waals surface area contributed by atoms with Crippen molar-refractivity contribution in [2.24, 2.45) is 0 Å². The molecule has 0 saturated carbocycles. The van der Waals surface area contributed by atoms with Crippen LogP contribution in [0.4, 0.5) is 0 Å². The first-order valence-corrected chi connectivity index (χ1v) is 10.8. The van der Waals surface area contributed by atoms with Crippen LogP contribution in [0, 0.1) is 11.3 Å². The van der Waals surface area contributed by atoms with Crippen LogP contribution in [-0.2, 0) is 4.74 Å². The molecule has 5 rings (SSSR count). The van der Waals surface area contributed by atoms with Crippen LogP contribution in [0.5, 0.6) is 0 Å². The summed E-state index contributed by atoms with van der Waals surface area (Å²) in [6.07, 6.45) is 2.91. The molecule has 1 aliphatic rings. The quantitative estimate of drug-likeness (QED) is 0.451. The van der Waals surface area contributed by atoms with E-state index >= 15 is 0 Å². The van der Waals surface area contributed by atoms with Gasteiger partial charge in [-0.15, -0.1) is 0 Å². The lowest BCUT2D eigenvalue weighted by Gasteiger charge is -2.17. The lowest BCUT2D eigenvalue weighted by molar-refractivity contribution is -0.0292. The fourth-order valence-corrected chi connectivity index (χ4v) is 4.52. The minimum atomic E-state index is -0.316. The second-order valence-electron chi connectivity index (χ2n) is 8.84. The van der Waals surface area contributed by atoms with E-state index in [9.17, 15) is 10.1 Å². The molecule has 0 spiro atoms. The highest BCUT2D eigenvalue weighted by atomic mass is 35.5. The number of aromatic nitrogens is 5. The SMILES string of the molecule is CC(C)n1c(=O)c2c(-c3noc(C4CCC(C)(C)O4)n3)ncn2c2ccc(Cl)c(C#N)c21. The van der Waals surface area contributed by atoms with E-state index in [0.717, 1.165) is 12.8 Å². The molecule has 0 radical (unpaired) electrons. The summed E-state index contributed by atoms with van der Waals surface area (Å²) in [7, 11) is 0. The average Bonchev–Trinajstić information content (AvgIpc) is 3.45. The maximum Gasteiger partial charge on any atom is 0.278 e. The molecule has 1 fully saturated rings. The Kier molecular flexibility index (Phi) is 4.62. The van der Waals surface area contributed by atoms with Gasteiger partial charge < -0.3 is 13.8 Å². The molecule has 164 valence electrons. The van der Waals surface area contributed by atoms with Crippen molar-refractivity contribution in [3.05, 3.63) is 45.3 Å². The first-order chi connectivity index (χ1) is 15.2. The molecule has 1 atom stereocenters. The Balaban J connectivity index is 1.74. The van der Waals surface area contributed by atoms with Crippen LogP contribution in [0.25, 0.3) is 28.1 Å². The highest BCUT2D eigenvalue weighted by Crippen LogP contribution is 2.39. The number of rotatable bonds is 3. The summed E-state index contributed by atoms with van der Waals surface area (Å²) in [5, 5.41) is 14.1. The van der Waals surface area contributed by atoms with E-state index in [2.05, 4.69) is 21.2 Å². The van der Waals surface area contributed by atoms with Crippen LogP contribution >= 0.6 is 11.6 Å². The smallest absolute Gasteiger partial charge is 0.278 e. The Labute approximate surface area is 188 Å². The lowest BCUT2D eigenvalue weighted by Crippen LogP contribution is -2.25. The van der Waals surface area contributed by atoms with Gasteiger partial charge in [0.05, 0.1) is 27.2 Å². The first-order valence-electron chi connectivity index (χ1n) is 10.4. The van der Waals surface area contributed by atoms with Crippen molar-refractivity contribution >= 4 is 28.2 Å². The Morgan fingerprint density at radius 1 is 1.31 bits per heavy atom. The van der Waals surface area contributed by atoms with Crippen molar-refractivity contribution in [2.75, 3.05) is 0 Å². The standard InChI is InChI=1S/C22H21ClN6O3/c1-11(2)29-17-12(9-24)13(23)5-6-14(17)28-10-25-16(18(28)21(29)30)19-26-20(32-27-19)15-7-8-22(3,4)31-15/h5-6,10-11,15H,7-8H2,1-4H3. The second-order valence-corrected chi connectivity index (χ2v) is 9.25. The fraction of sp³-hybridized carbons (Fsp3) is 0.409. The summed E-state index contributed by atoms with van der Waals surface area (Å²) in [5.41, 5.74) is 1.40. The lowest BCUT2D eigenvalue weighted by atomic mass is 10.1. The molecule has 1 aliphatic heterocycles. The van der Waals surface area contributed by atoms with Crippen molar-refractivity contribution < 1.29 is 9.26 Å². The Morgan fingerprint density at radius 3 is 2.75 bits per heavy atom. The number of benzene rings is 1. The van der Waals surface area contributed by atoms with Gasteiger partial charge in [-0.1, -0.05) is 16.8 Å². The van der Waals surface area contributed by atoms with Gasteiger partial charge in [-0.05, 0) is 52.7 Å². The zero-order valence-corrected chi connectivity index (χ0v) is 18.8. The number of hydrogen-bond acceptors (Lipinski definition) is 7. The van der Waals surface area contributed by atoms with E-state index in [1.54, 1.807) is 21.1 Å². The van der Waals surface area contributed by atoms with E-state index in [0.29, 0.717) is 28.1 Å². The van der Waals surface area contributed by atoms with Gasteiger partial charge in [0.15, 0.2) is 0 Å². The third-order valence-electron chi connectivity index (χ3n) is 5.82. The number of imidazole rings is 1. The highest BCUT2D eigenvalue weighted by molar-refractivity contribution is 6.32. The first kappa shape index (κ1) is 20.7. The molecule has 1 aromatic carbocycles. The molecule has 4 heterocycles. The minimum Gasteiger partial charge on any atom is -0.363 e. The molecule has 0 amide bonds. The van der Waals surface area contributed by atoms with Crippen molar-refractivity contribution in [1.82, 2.24) is 24.1 Å². The molecule has 0 bridgehead atoms. The van der Waals surface area contributed by atoms with Gasteiger partial charge in [0.2, 0.25) is 5.82 Å². The summed E-state index contributed by atoms with van der Waals surface area (Å²) in [4.78, 5) is 22.5. The van der Waals surface area contributed by atoms with Gasteiger partial charge in [-0.25, -0.2) is 4.98 Å². The molecular formula is C22H21ClN6O3. The maximum absolute atomic E-state index is 13.6. The summed E-state index contributed by atoms with van der Waals surface area (Å²) in [6.45, 7) is 7.80. The molecule has 1 saturated heterocycles. The van der Waals surface area contributed by atoms with E-state index < -0.39 is 0 Å². The van der Waals surface area contributed by atoms with Crippen molar-refractivity contribution in [3.8, 4) is 17.6 Å². The van der Waals surface area contributed by atoms with Gasteiger partial charge >= 0.3 is 0 Å². The third kappa shape index (κ3) is 3.02. The predicted octanol–water partition coefficient (Wildman–Crippen LogP) is 4.44. The summed E-state index contributed by atoms with van der Waals surface area (Å²) < 4.78 is 14.7. The molecule has 0 N–H and O–H groups in total. The Hall–Kier alpha value is -3.22. The molecule has 9 nitrogen and oxygen atoms in total. The maximum atomic E-state index is 13.6. The topological polar surface area (TPSA) is 111 Å². The van der Waals surface area contributed by atoms with E-state index in [4.69, 9.17) is 20.9 Å². The van der Waals surface area contributed by atoms with E-state index in [-0.39, 0.29) is 39.7 Å². The highest BCUT2D eigenvalue weighted by Gasteiger charge is 2.36. The fourth-order valence-electron chi connectivity index (χ4n) is 4.33. The minimum absolute atomic E-state index is 0.219. The molecule has 10 heteroatoms. The molecule has 1 unspecified atom stereocenters. The van der Waals surface area contributed by atoms with Crippen molar-refractivity contribution in [3.63, 3.8) is 0 Å². The van der Waals surface area contributed by atoms with Crippen LogP contribution in [0.1, 0.15) is 64.1 Å². The van der Waals surface area contributed by atoms with Gasteiger partial charge in [-0.3, -0.25) is 9.20 Å².